The van der Waals surface area contributed by atoms with Gasteiger partial charge in [-0.15, -0.1) is 0 Å². The Morgan fingerprint density at radius 1 is 1.22 bits per heavy atom. The Hall–Kier alpha value is -3.78. The number of aryl methyl sites for hydroxylation is 1. The summed E-state index contributed by atoms with van der Waals surface area (Å²) in [5, 5.41) is 9.88. The number of pyridine rings is 2. The van der Waals surface area contributed by atoms with Crippen molar-refractivity contribution < 1.29 is 19.4 Å². The Morgan fingerprint density at radius 2 is 1.94 bits per heavy atom. The summed E-state index contributed by atoms with van der Waals surface area (Å²) in [5.41, 5.74) is 3.75. The molecule has 8 nitrogen and oxygen atoms in total. The highest BCUT2D eigenvalue weighted by molar-refractivity contribution is 5.98. The van der Waals surface area contributed by atoms with Crippen LogP contribution in [0.4, 0.5) is 0 Å². The molecule has 36 heavy (non-hydrogen) atoms. The van der Waals surface area contributed by atoms with Gasteiger partial charge in [-0.05, 0) is 43.2 Å². The van der Waals surface area contributed by atoms with E-state index in [0.717, 1.165) is 16.7 Å². The molecule has 8 heteroatoms. The van der Waals surface area contributed by atoms with Gasteiger partial charge >= 0.3 is 0 Å². The molecular formula is C28H32N4O4. The lowest BCUT2D eigenvalue weighted by molar-refractivity contribution is 0.0313. The van der Waals surface area contributed by atoms with Gasteiger partial charge < -0.3 is 19.6 Å². The van der Waals surface area contributed by atoms with E-state index in [0.29, 0.717) is 24.2 Å². The predicted octanol–water partition coefficient (Wildman–Crippen LogP) is 3.44. The molecule has 0 saturated heterocycles. The number of aliphatic hydroxyl groups excluding tert-OH is 1. The van der Waals surface area contributed by atoms with Gasteiger partial charge in [0.1, 0.15) is 11.7 Å². The number of rotatable bonds is 6. The molecule has 4 rings (SSSR count). The highest BCUT2D eigenvalue weighted by Crippen LogP contribution is 2.31. The van der Waals surface area contributed by atoms with Crippen molar-refractivity contribution in [3.63, 3.8) is 0 Å². The van der Waals surface area contributed by atoms with E-state index in [-0.39, 0.29) is 36.3 Å². The number of aliphatic hydroxyl groups is 1. The van der Waals surface area contributed by atoms with Crippen LogP contribution in [0, 0.1) is 12.8 Å². The second kappa shape index (κ2) is 10.9. The summed E-state index contributed by atoms with van der Waals surface area (Å²) in [6.07, 6.45) is 4.46. The topological polar surface area (TPSA) is 95.9 Å². The fraction of sp³-hybridized carbons (Fsp3) is 0.357. The minimum Gasteiger partial charge on any atom is -0.472 e. The van der Waals surface area contributed by atoms with Crippen molar-refractivity contribution in [1.29, 1.82) is 0 Å². The van der Waals surface area contributed by atoms with E-state index in [4.69, 9.17) is 4.74 Å². The molecule has 1 aliphatic rings. The second-order valence-electron chi connectivity index (χ2n) is 9.44. The molecule has 0 spiro atoms. The third kappa shape index (κ3) is 5.23. The third-order valence-electron chi connectivity index (χ3n) is 6.70. The van der Waals surface area contributed by atoms with Gasteiger partial charge in [-0.1, -0.05) is 31.2 Å². The van der Waals surface area contributed by atoms with Crippen LogP contribution in [0.25, 0.3) is 11.1 Å². The first-order valence-corrected chi connectivity index (χ1v) is 12.1. The minimum atomic E-state index is -0.419. The van der Waals surface area contributed by atoms with Crippen LogP contribution in [0.15, 0.2) is 61.1 Å². The first-order valence-electron chi connectivity index (χ1n) is 12.1. The number of aromatic nitrogens is 2. The summed E-state index contributed by atoms with van der Waals surface area (Å²) in [6.45, 7) is 6.32. The zero-order chi connectivity index (χ0) is 25.8. The summed E-state index contributed by atoms with van der Waals surface area (Å²) in [4.78, 5) is 38.4. The van der Waals surface area contributed by atoms with Crippen LogP contribution in [0.2, 0.25) is 0 Å². The van der Waals surface area contributed by atoms with Crippen molar-refractivity contribution in [1.82, 2.24) is 19.8 Å². The molecule has 2 aromatic heterocycles. The van der Waals surface area contributed by atoms with Crippen molar-refractivity contribution in [2.24, 2.45) is 5.92 Å². The summed E-state index contributed by atoms with van der Waals surface area (Å²) in [7, 11) is 1.73. The van der Waals surface area contributed by atoms with Crippen molar-refractivity contribution in [2.75, 3.05) is 26.7 Å². The maximum absolute atomic E-state index is 13.7. The van der Waals surface area contributed by atoms with Crippen molar-refractivity contribution in [3.8, 4) is 17.0 Å². The van der Waals surface area contributed by atoms with Crippen LogP contribution in [-0.4, -0.2) is 75.6 Å². The SMILES string of the molecule is Cc1ccccc1-c1cnc2c(c1)C(=O)N([C@H](C)CO)C[C@H](C)[C@H](CN(C)C(=O)c1ccncc1)O2. The van der Waals surface area contributed by atoms with E-state index in [1.165, 1.54) is 0 Å². The zero-order valence-electron chi connectivity index (χ0n) is 21.1. The van der Waals surface area contributed by atoms with Gasteiger partial charge in [-0.2, -0.15) is 0 Å². The lowest BCUT2D eigenvalue weighted by Gasteiger charge is -2.37. The van der Waals surface area contributed by atoms with Gasteiger partial charge in [0.2, 0.25) is 5.88 Å². The van der Waals surface area contributed by atoms with E-state index >= 15 is 0 Å². The molecule has 1 N–H and O–H groups in total. The van der Waals surface area contributed by atoms with Crippen molar-refractivity contribution in [2.45, 2.75) is 32.9 Å². The second-order valence-corrected chi connectivity index (χ2v) is 9.44. The van der Waals surface area contributed by atoms with E-state index < -0.39 is 6.10 Å². The Balaban J connectivity index is 1.70. The number of carbonyl (C=O) groups is 2. The highest BCUT2D eigenvalue weighted by Gasteiger charge is 2.35. The molecular weight excluding hydrogens is 456 g/mol. The fourth-order valence-electron chi connectivity index (χ4n) is 4.43. The van der Waals surface area contributed by atoms with Gasteiger partial charge in [0.15, 0.2) is 0 Å². The summed E-state index contributed by atoms with van der Waals surface area (Å²) in [5.74, 6) is -0.272. The van der Waals surface area contributed by atoms with Gasteiger partial charge in [-0.25, -0.2) is 4.98 Å². The van der Waals surface area contributed by atoms with E-state index in [1.54, 1.807) is 47.6 Å². The molecule has 0 bridgehead atoms. The quantitative estimate of drug-likeness (QED) is 0.571. The number of amides is 2. The number of benzene rings is 1. The average molecular weight is 489 g/mol. The number of hydrogen-bond donors (Lipinski definition) is 1. The van der Waals surface area contributed by atoms with E-state index in [2.05, 4.69) is 9.97 Å². The molecule has 188 valence electrons. The minimum absolute atomic E-state index is 0.123. The van der Waals surface area contributed by atoms with E-state index in [1.807, 2.05) is 51.1 Å². The Labute approximate surface area is 211 Å². The Morgan fingerprint density at radius 3 is 2.64 bits per heavy atom. The number of nitrogens with zero attached hydrogens (tertiary/aromatic N) is 4. The predicted molar refractivity (Wildman–Crippen MR) is 137 cm³/mol. The largest absolute Gasteiger partial charge is 0.472 e. The van der Waals surface area contributed by atoms with Crippen LogP contribution in [0.1, 0.15) is 40.1 Å². The van der Waals surface area contributed by atoms with Crippen LogP contribution in [-0.2, 0) is 0 Å². The Bertz CT molecular complexity index is 1230. The van der Waals surface area contributed by atoms with Gasteiger partial charge in [0.05, 0.1) is 19.2 Å². The number of fused-ring (bicyclic) bond motifs is 1. The lowest BCUT2D eigenvalue weighted by atomic mass is 9.98. The molecule has 3 heterocycles. The monoisotopic (exact) mass is 488 g/mol. The molecule has 1 aliphatic heterocycles. The smallest absolute Gasteiger partial charge is 0.259 e. The van der Waals surface area contributed by atoms with Crippen LogP contribution >= 0.6 is 0 Å². The first kappa shape index (κ1) is 25.3. The van der Waals surface area contributed by atoms with E-state index in [9.17, 15) is 14.7 Å². The molecule has 2 amide bonds. The van der Waals surface area contributed by atoms with Crippen LogP contribution in [0.5, 0.6) is 5.88 Å². The third-order valence-corrected chi connectivity index (χ3v) is 6.70. The first-order chi connectivity index (χ1) is 17.3. The van der Waals surface area contributed by atoms with Gasteiger partial charge in [0, 0.05) is 49.2 Å². The Kier molecular flexibility index (Phi) is 7.64. The summed E-state index contributed by atoms with van der Waals surface area (Å²) in [6, 6.07) is 12.7. The summed E-state index contributed by atoms with van der Waals surface area (Å²) < 4.78 is 6.33. The molecule has 0 fully saturated rings. The number of hydrogen-bond acceptors (Lipinski definition) is 6. The zero-order valence-corrected chi connectivity index (χ0v) is 21.1. The molecule has 0 unspecified atom stereocenters. The van der Waals surface area contributed by atoms with Crippen LogP contribution in [0.3, 0.4) is 0 Å². The normalized spacial score (nSPS) is 18.5. The number of likely N-dealkylation sites (N-methyl/N-ethyl adjacent to an activating group) is 1. The van der Waals surface area contributed by atoms with Gasteiger partial charge in [-0.3, -0.25) is 14.6 Å². The average Bonchev–Trinajstić information content (AvgIpc) is 2.90. The fourth-order valence-corrected chi connectivity index (χ4v) is 4.43. The molecule has 0 aliphatic carbocycles. The van der Waals surface area contributed by atoms with Crippen LogP contribution < -0.4 is 4.74 Å². The number of carbonyl (C=O) groups excluding carboxylic acids is 2. The standard InChI is InChI=1S/C28H32N4O4/c1-18-7-5-6-8-23(18)22-13-24-26(30-14-22)36-25(19(2)15-32(28(24)35)20(3)17-33)16-31(4)27(34)21-9-11-29-12-10-21/h5-14,19-20,25,33H,15-17H2,1-4H3/t19-,20+,25-/m0/s1. The molecule has 3 aromatic rings. The highest BCUT2D eigenvalue weighted by atomic mass is 16.5. The molecule has 0 radical (unpaired) electrons. The van der Waals surface area contributed by atoms with Crippen molar-refractivity contribution in [3.05, 3.63) is 77.7 Å². The molecule has 1 aromatic carbocycles. The maximum Gasteiger partial charge on any atom is 0.259 e. The van der Waals surface area contributed by atoms with Crippen molar-refractivity contribution >= 4 is 11.8 Å². The summed E-state index contributed by atoms with van der Waals surface area (Å²) >= 11 is 0. The lowest BCUT2D eigenvalue weighted by Crippen LogP contribution is -2.50. The number of ether oxygens (including phenoxy) is 1. The molecule has 3 atom stereocenters. The maximum atomic E-state index is 13.7. The molecule has 0 saturated carbocycles. The van der Waals surface area contributed by atoms with Gasteiger partial charge in [0.25, 0.3) is 11.8 Å².